The molecule has 0 unspecified atom stereocenters. The van der Waals surface area contributed by atoms with Crippen molar-refractivity contribution >= 4 is 15.9 Å². The molecule has 0 aromatic carbocycles. The summed E-state index contributed by atoms with van der Waals surface area (Å²) in [5.74, 6) is -0.464. The van der Waals surface area contributed by atoms with Crippen LogP contribution >= 0.6 is 0 Å². The second-order valence-electron chi connectivity index (χ2n) is 4.85. The van der Waals surface area contributed by atoms with E-state index in [1.807, 2.05) is 0 Å². The first-order valence-electron chi connectivity index (χ1n) is 5.99. The average molecular weight is 267 g/mol. The molecule has 2 aliphatic rings. The molecule has 0 saturated heterocycles. The van der Waals surface area contributed by atoms with Gasteiger partial charge in [-0.05, 0) is 32.1 Å². The summed E-state index contributed by atoms with van der Waals surface area (Å²) in [5, 5.41) is 0. The summed E-state index contributed by atoms with van der Waals surface area (Å²) >= 11 is 0. The van der Waals surface area contributed by atoms with Gasteiger partial charge in [-0.1, -0.05) is 12.2 Å². The highest BCUT2D eigenvalue weighted by Crippen LogP contribution is 2.49. The molecular formula is C13H17NO3S. The van der Waals surface area contributed by atoms with Crippen molar-refractivity contribution in [1.29, 1.82) is 0 Å². The lowest BCUT2D eigenvalue weighted by molar-refractivity contribution is -0.116. The third-order valence-corrected chi connectivity index (χ3v) is 5.23. The smallest absolute Gasteiger partial charge is 0.262 e. The summed E-state index contributed by atoms with van der Waals surface area (Å²) in [4.78, 5) is 12.3. The predicted octanol–water partition coefficient (Wildman–Crippen LogP) is 2.02. The van der Waals surface area contributed by atoms with Crippen LogP contribution in [0.3, 0.4) is 0 Å². The van der Waals surface area contributed by atoms with Crippen LogP contribution < -0.4 is 4.72 Å². The number of hydrogen-bond donors (Lipinski definition) is 1. The Morgan fingerprint density at radius 1 is 1.28 bits per heavy atom. The number of nitrogens with one attached hydrogen (secondary N) is 1. The molecule has 18 heavy (non-hydrogen) atoms. The first-order chi connectivity index (χ1) is 8.47. The Labute approximate surface area is 108 Å². The van der Waals surface area contributed by atoms with E-state index in [1.54, 1.807) is 12.2 Å². The van der Waals surface area contributed by atoms with E-state index < -0.39 is 21.3 Å². The molecule has 0 fully saturated rings. The monoisotopic (exact) mass is 267 g/mol. The summed E-state index contributed by atoms with van der Waals surface area (Å²) in [6.07, 6.45) is 6.71. The number of sulfonamides is 1. The Hall–Kier alpha value is -1.36. The van der Waals surface area contributed by atoms with Gasteiger partial charge in [0.2, 0.25) is 0 Å². The number of amides is 1. The number of carbonyl (C=O) groups excluding carboxylic acids is 1. The van der Waals surface area contributed by atoms with Crippen LogP contribution in [0.5, 0.6) is 0 Å². The molecule has 2 rings (SSSR count). The van der Waals surface area contributed by atoms with E-state index in [1.165, 1.54) is 0 Å². The molecule has 4 nitrogen and oxygen atoms in total. The third-order valence-electron chi connectivity index (χ3n) is 3.72. The highest BCUT2D eigenvalue weighted by atomic mass is 32.2. The maximum atomic E-state index is 12.0. The molecule has 98 valence electrons. The van der Waals surface area contributed by atoms with Crippen molar-refractivity contribution < 1.29 is 13.2 Å². The summed E-state index contributed by atoms with van der Waals surface area (Å²) in [6.45, 7) is 7.44. The zero-order valence-corrected chi connectivity index (χ0v) is 11.1. The molecule has 0 radical (unpaired) electrons. The van der Waals surface area contributed by atoms with E-state index in [2.05, 4.69) is 17.9 Å². The Bertz CT molecular complexity index is 533. The van der Waals surface area contributed by atoms with Crippen LogP contribution in [0.2, 0.25) is 0 Å². The maximum Gasteiger partial charge on any atom is 0.262 e. The van der Waals surface area contributed by atoms with E-state index in [-0.39, 0.29) is 4.91 Å². The molecule has 0 atom stereocenters. The minimum atomic E-state index is -3.59. The lowest BCUT2D eigenvalue weighted by Gasteiger charge is -2.35. The summed E-state index contributed by atoms with van der Waals surface area (Å²) in [6, 6.07) is 0. The number of allylic oxidation sites excluding steroid dienone is 3. The van der Waals surface area contributed by atoms with Crippen LogP contribution in [0, 0.1) is 5.41 Å². The van der Waals surface area contributed by atoms with Gasteiger partial charge < -0.3 is 0 Å². The van der Waals surface area contributed by atoms with Crippen molar-refractivity contribution in [2.45, 2.75) is 32.1 Å². The number of rotatable bonds is 4. The van der Waals surface area contributed by atoms with Crippen molar-refractivity contribution in [2.24, 2.45) is 5.41 Å². The maximum absolute atomic E-state index is 12.0. The third kappa shape index (κ3) is 1.82. The summed E-state index contributed by atoms with van der Waals surface area (Å²) < 4.78 is 25.8. The lowest BCUT2D eigenvalue weighted by Crippen LogP contribution is -2.31. The van der Waals surface area contributed by atoms with Gasteiger partial charge in [-0.25, -0.2) is 13.1 Å². The quantitative estimate of drug-likeness (QED) is 0.793. The van der Waals surface area contributed by atoms with Crippen LogP contribution in [-0.2, 0) is 14.8 Å². The molecule has 0 saturated carbocycles. The molecular weight excluding hydrogens is 250 g/mol. The van der Waals surface area contributed by atoms with Crippen LogP contribution in [0.4, 0.5) is 0 Å². The molecule has 1 aliphatic heterocycles. The van der Waals surface area contributed by atoms with Crippen molar-refractivity contribution in [1.82, 2.24) is 4.72 Å². The van der Waals surface area contributed by atoms with Crippen LogP contribution in [0.15, 0.2) is 35.8 Å². The predicted molar refractivity (Wildman–Crippen MR) is 70.0 cm³/mol. The minimum Gasteiger partial charge on any atom is -0.269 e. The zero-order chi connectivity index (χ0) is 13.4. The van der Waals surface area contributed by atoms with Gasteiger partial charge in [0.05, 0.1) is 4.91 Å². The van der Waals surface area contributed by atoms with Crippen LogP contribution in [0.25, 0.3) is 0 Å². The average Bonchev–Trinajstić information content (AvgIpc) is 2.51. The Morgan fingerprint density at radius 2 is 1.89 bits per heavy atom. The Balaban J connectivity index is 2.61. The lowest BCUT2D eigenvalue weighted by atomic mass is 9.67. The van der Waals surface area contributed by atoms with Crippen LogP contribution in [-0.4, -0.2) is 14.3 Å². The van der Waals surface area contributed by atoms with Gasteiger partial charge in [-0.15, -0.1) is 13.2 Å². The van der Waals surface area contributed by atoms with Gasteiger partial charge in [0, 0.05) is 11.0 Å². The highest BCUT2D eigenvalue weighted by Gasteiger charge is 2.48. The number of carbonyl (C=O) groups is 1. The summed E-state index contributed by atoms with van der Waals surface area (Å²) in [5.41, 5.74) is -0.00127. The zero-order valence-electron chi connectivity index (χ0n) is 10.2. The topological polar surface area (TPSA) is 63.2 Å². The number of hydrogen-bond acceptors (Lipinski definition) is 3. The van der Waals surface area contributed by atoms with Gasteiger partial charge in [0.25, 0.3) is 15.9 Å². The standard InChI is InChI=1S/C13H17NO3S/c1-3-7-13(8-4-2)9-5-6-10-11(13)12(15)14-18(10,16)17/h3-4H,1-2,5-9H2,(H,14,15). The Kier molecular flexibility index (Phi) is 3.19. The van der Waals surface area contributed by atoms with Crippen molar-refractivity contribution in [2.75, 3.05) is 0 Å². The molecule has 1 aliphatic carbocycles. The normalized spacial score (nSPS) is 24.3. The summed E-state index contributed by atoms with van der Waals surface area (Å²) in [7, 11) is -3.59. The first kappa shape index (κ1) is 13.1. The van der Waals surface area contributed by atoms with E-state index in [0.29, 0.717) is 24.8 Å². The Morgan fingerprint density at radius 3 is 2.44 bits per heavy atom. The van der Waals surface area contributed by atoms with E-state index in [4.69, 9.17) is 0 Å². The fraction of sp³-hybridized carbons (Fsp3) is 0.462. The van der Waals surface area contributed by atoms with Crippen molar-refractivity contribution in [3.63, 3.8) is 0 Å². The van der Waals surface area contributed by atoms with Gasteiger partial charge >= 0.3 is 0 Å². The van der Waals surface area contributed by atoms with Crippen molar-refractivity contribution in [3.05, 3.63) is 35.8 Å². The minimum absolute atomic E-state index is 0.280. The molecule has 0 aromatic heterocycles. The SMILES string of the molecule is C=CCC1(CC=C)CCCC2=C1C(=O)NS2(=O)=O. The van der Waals surface area contributed by atoms with E-state index in [9.17, 15) is 13.2 Å². The molecule has 1 heterocycles. The molecule has 1 amide bonds. The highest BCUT2D eigenvalue weighted by molar-refractivity contribution is 7.94. The fourth-order valence-corrected chi connectivity index (χ4v) is 4.51. The largest absolute Gasteiger partial charge is 0.269 e. The van der Waals surface area contributed by atoms with E-state index in [0.717, 1.165) is 12.8 Å². The molecule has 0 aromatic rings. The second-order valence-corrected chi connectivity index (χ2v) is 6.56. The van der Waals surface area contributed by atoms with E-state index >= 15 is 0 Å². The van der Waals surface area contributed by atoms with Crippen molar-refractivity contribution in [3.8, 4) is 0 Å². The molecule has 5 heteroatoms. The fourth-order valence-electron chi connectivity index (χ4n) is 3.05. The van der Waals surface area contributed by atoms with Gasteiger partial charge in [0.1, 0.15) is 0 Å². The van der Waals surface area contributed by atoms with Gasteiger partial charge in [0.15, 0.2) is 0 Å². The van der Waals surface area contributed by atoms with Crippen LogP contribution in [0.1, 0.15) is 32.1 Å². The first-order valence-corrected chi connectivity index (χ1v) is 7.48. The molecule has 0 bridgehead atoms. The molecule has 0 spiro atoms. The van der Waals surface area contributed by atoms with Gasteiger partial charge in [-0.3, -0.25) is 4.79 Å². The second kappa shape index (κ2) is 4.39. The van der Waals surface area contributed by atoms with Gasteiger partial charge in [-0.2, -0.15) is 0 Å². The molecule has 1 N–H and O–H groups in total.